The first kappa shape index (κ1) is 14.0. The number of methoxy groups -OCH3 is 1. The summed E-state index contributed by atoms with van der Waals surface area (Å²) in [4.78, 5) is 10.1. The van der Waals surface area contributed by atoms with E-state index in [0.29, 0.717) is 18.1 Å². The van der Waals surface area contributed by atoms with Crippen LogP contribution in [0.25, 0.3) is 6.08 Å². The van der Waals surface area contributed by atoms with Gasteiger partial charge < -0.3 is 9.47 Å². The van der Waals surface area contributed by atoms with Gasteiger partial charge >= 0.3 is 0 Å². The molecule has 0 radical (unpaired) electrons. The predicted octanol–water partition coefficient (Wildman–Crippen LogP) is 3.12. The van der Waals surface area contributed by atoms with Crippen LogP contribution < -0.4 is 9.47 Å². The number of hydrogen-bond donors (Lipinski definition) is 0. The molecule has 18 heavy (non-hydrogen) atoms. The standard InChI is InChI=1S/C13H17NO4/c1-4-7-18-13-9-11(5-6-12(13)17-3)8-10(2)14(15)16/h5-6,8-9H,4,7H2,1-3H3/b10-8-. The van der Waals surface area contributed by atoms with E-state index in [1.807, 2.05) is 6.92 Å². The number of benzene rings is 1. The van der Waals surface area contributed by atoms with Crippen LogP contribution in [0.3, 0.4) is 0 Å². The molecular weight excluding hydrogens is 234 g/mol. The molecule has 0 saturated carbocycles. The highest BCUT2D eigenvalue weighted by Crippen LogP contribution is 2.29. The zero-order valence-electron chi connectivity index (χ0n) is 10.8. The zero-order chi connectivity index (χ0) is 13.5. The van der Waals surface area contributed by atoms with Crippen molar-refractivity contribution in [3.63, 3.8) is 0 Å². The van der Waals surface area contributed by atoms with Gasteiger partial charge in [0, 0.05) is 13.0 Å². The maximum atomic E-state index is 10.6. The Balaban J connectivity index is 3.02. The van der Waals surface area contributed by atoms with E-state index in [4.69, 9.17) is 9.47 Å². The third-order valence-corrected chi connectivity index (χ3v) is 2.31. The van der Waals surface area contributed by atoms with Crippen molar-refractivity contribution in [3.8, 4) is 11.5 Å². The van der Waals surface area contributed by atoms with Crippen molar-refractivity contribution in [2.45, 2.75) is 20.3 Å². The number of rotatable bonds is 6. The molecule has 0 aliphatic carbocycles. The second kappa shape index (κ2) is 6.64. The van der Waals surface area contributed by atoms with Crippen LogP contribution in [0.5, 0.6) is 11.5 Å². The Morgan fingerprint density at radius 1 is 1.44 bits per heavy atom. The summed E-state index contributed by atoms with van der Waals surface area (Å²) in [7, 11) is 1.56. The van der Waals surface area contributed by atoms with Crippen molar-refractivity contribution < 1.29 is 14.4 Å². The highest BCUT2D eigenvalue weighted by molar-refractivity contribution is 5.56. The van der Waals surface area contributed by atoms with E-state index in [-0.39, 0.29) is 5.70 Å². The fourth-order valence-corrected chi connectivity index (χ4v) is 1.40. The monoisotopic (exact) mass is 251 g/mol. The predicted molar refractivity (Wildman–Crippen MR) is 69.4 cm³/mol. The number of nitro groups is 1. The third kappa shape index (κ3) is 3.76. The molecule has 0 spiro atoms. The van der Waals surface area contributed by atoms with Crippen LogP contribution in [0.2, 0.25) is 0 Å². The van der Waals surface area contributed by atoms with Crippen molar-refractivity contribution >= 4 is 6.08 Å². The molecule has 1 aromatic carbocycles. The average Bonchev–Trinajstić information content (AvgIpc) is 2.36. The minimum atomic E-state index is -0.420. The van der Waals surface area contributed by atoms with Crippen molar-refractivity contribution in [3.05, 3.63) is 39.6 Å². The fourth-order valence-electron chi connectivity index (χ4n) is 1.40. The number of ether oxygens (including phenoxy) is 2. The lowest BCUT2D eigenvalue weighted by Gasteiger charge is -2.10. The molecule has 0 aliphatic rings. The van der Waals surface area contributed by atoms with Gasteiger partial charge in [0.2, 0.25) is 5.70 Å². The second-order valence-electron chi connectivity index (χ2n) is 3.80. The van der Waals surface area contributed by atoms with Crippen LogP contribution in [0.15, 0.2) is 23.9 Å². The first-order valence-electron chi connectivity index (χ1n) is 5.72. The summed E-state index contributed by atoms with van der Waals surface area (Å²) in [5.41, 5.74) is 0.803. The molecular formula is C13H17NO4. The third-order valence-electron chi connectivity index (χ3n) is 2.31. The highest BCUT2D eigenvalue weighted by Gasteiger charge is 2.07. The SMILES string of the molecule is CCCOc1cc(/C=C(/C)[N+](=O)[O-])ccc1OC. The molecule has 1 rings (SSSR count). The first-order chi connectivity index (χ1) is 8.58. The minimum absolute atomic E-state index is 0.0848. The van der Waals surface area contributed by atoms with Gasteiger partial charge in [-0.1, -0.05) is 13.0 Å². The van der Waals surface area contributed by atoms with Gasteiger partial charge in [0.25, 0.3) is 0 Å². The van der Waals surface area contributed by atoms with Gasteiger partial charge in [-0.2, -0.15) is 0 Å². The van der Waals surface area contributed by atoms with E-state index in [1.165, 1.54) is 13.0 Å². The fraction of sp³-hybridized carbons (Fsp3) is 0.385. The minimum Gasteiger partial charge on any atom is -0.493 e. The van der Waals surface area contributed by atoms with Gasteiger partial charge in [-0.25, -0.2) is 0 Å². The van der Waals surface area contributed by atoms with E-state index in [1.54, 1.807) is 25.3 Å². The van der Waals surface area contributed by atoms with Crippen LogP contribution in [-0.2, 0) is 0 Å². The zero-order valence-corrected chi connectivity index (χ0v) is 10.8. The summed E-state index contributed by atoms with van der Waals surface area (Å²) in [6, 6.07) is 5.23. The topological polar surface area (TPSA) is 61.6 Å². The van der Waals surface area contributed by atoms with Gasteiger partial charge in [-0.15, -0.1) is 0 Å². The van der Waals surface area contributed by atoms with E-state index >= 15 is 0 Å². The molecule has 0 saturated heterocycles. The van der Waals surface area contributed by atoms with Gasteiger partial charge in [-0.3, -0.25) is 10.1 Å². The maximum absolute atomic E-state index is 10.6. The summed E-state index contributed by atoms with van der Waals surface area (Å²) < 4.78 is 10.7. The number of allylic oxidation sites excluding steroid dienone is 1. The summed E-state index contributed by atoms with van der Waals surface area (Å²) in [5, 5.41) is 10.6. The number of nitrogens with zero attached hydrogens (tertiary/aromatic N) is 1. The lowest BCUT2D eigenvalue weighted by atomic mass is 10.1. The lowest BCUT2D eigenvalue weighted by Crippen LogP contribution is -1.98. The quantitative estimate of drug-likeness (QED) is 0.575. The Labute approximate surface area is 106 Å². The Morgan fingerprint density at radius 2 is 2.17 bits per heavy atom. The van der Waals surface area contributed by atoms with E-state index in [2.05, 4.69) is 0 Å². The van der Waals surface area contributed by atoms with E-state index in [9.17, 15) is 10.1 Å². The highest BCUT2D eigenvalue weighted by atomic mass is 16.6. The second-order valence-corrected chi connectivity index (χ2v) is 3.80. The van der Waals surface area contributed by atoms with Crippen LogP contribution in [0.4, 0.5) is 0 Å². The Hall–Kier alpha value is -2.04. The molecule has 98 valence electrons. The van der Waals surface area contributed by atoms with Gasteiger partial charge in [0.1, 0.15) is 0 Å². The average molecular weight is 251 g/mol. The van der Waals surface area contributed by atoms with Crippen LogP contribution in [-0.4, -0.2) is 18.6 Å². The van der Waals surface area contributed by atoms with Crippen LogP contribution in [0.1, 0.15) is 25.8 Å². The Kier molecular flexibility index (Phi) is 5.17. The summed E-state index contributed by atoms with van der Waals surface area (Å²) in [6.45, 7) is 4.04. The normalized spacial score (nSPS) is 11.2. The largest absolute Gasteiger partial charge is 0.493 e. The van der Waals surface area contributed by atoms with Crippen molar-refractivity contribution in [2.24, 2.45) is 0 Å². The number of hydrogen-bond acceptors (Lipinski definition) is 4. The van der Waals surface area contributed by atoms with Gasteiger partial charge in [0.15, 0.2) is 11.5 Å². The van der Waals surface area contributed by atoms with Crippen molar-refractivity contribution in [2.75, 3.05) is 13.7 Å². The first-order valence-corrected chi connectivity index (χ1v) is 5.72. The molecule has 0 amide bonds. The molecule has 1 aromatic rings. The molecule has 0 atom stereocenters. The maximum Gasteiger partial charge on any atom is 0.243 e. The molecule has 0 heterocycles. The van der Waals surface area contributed by atoms with Gasteiger partial charge in [-0.05, 0) is 24.1 Å². The van der Waals surface area contributed by atoms with Crippen LogP contribution in [0, 0.1) is 10.1 Å². The Bertz CT molecular complexity index is 454. The van der Waals surface area contributed by atoms with Crippen LogP contribution >= 0.6 is 0 Å². The van der Waals surface area contributed by atoms with Crippen molar-refractivity contribution in [1.82, 2.24) is 0 Å². The summed E-state index contributed by atoms with van der Waals surface area (Å²) >= 11 is 0. The molecule has 0 bridgehead atoms. The lowest BCUT2D eigenvalue weighted by molar-refractivity contribution is -0.422. The molecule has 0 fully saturated rings. The molecule has 0 unspecified atom stereocenters. The van der Waals surface area contributed by atoms with Gasteiger partial charge in [0.05, 0.1) is 18.6 Å². The Morgan fingerprint density at radius 3 is 2.72 bits per heavy atom. The molecule has 0 aliphatic heterocycles. The molecule has 5 heteroatoms. The molecule has 0 aromatic heterocycles. The van der Waals surface area contributed by atoms with E-state index in [0.717, 1.165) is 12.0 Å². The smallest absolute Gasteiger partial charge is 0.243 e. The summed E-state index contributed by atoms with van der Waals surface area (Å²) in [5.74, 6) is 1.23. The molecule has 0 N–H and O–H groups in total. The summed E-state index contributed by atoms with van der Waals surface area (Å²) in [6.07, 6.45) is 2.38. The van der Waals surface area contributed by atoms with E-state index < -0.39 is 4.92 Å². The van der Waals surface area contributed by atoms with Crippen molar-refractivity contribution in [1.29, 1.82) is 0 Å². The molecule has 5 nitrogen and oxygen atoms in total.